The Morgan fingerprint density at radius 1 is 1.12 bits per heavy atom. The van der Waals surface area contributed by atoms with Crippen molar-refractivity contribution in [2.24, 2.45) is 5.92 Å². The molecule has 0 aromatic carbocycles. The van der Waals surface area contributed by atoms with Crippen LogP contribution in [0.4, 0.5) is 0 Å². The minimum atomic E-state index is -0.540. The second kappa shape index (κ2) is 3.65. The van der Waals surface area contributed by atoms with Crippen molar-refractivity contribution in [2.45, 2.75) is 51.2 Å². The van der Waals surface area contributed by atoms with Crippen molar-refractivity contribution in [2.75, 3.05) is 13.4 Å². The third kappa shape index (κ3) is 1.67. The SMILES string of the molecule is CC1[C@@H](C2COCO2)O[C@@H]2OC(C)(C)O[C@H]12. The summed E-state index contributed by atoms with van der Waals surface area (Å²) >= 11 is 0. The second-order valence-electron chi connectivity index (χ2n) is 5.12. The van der Waals surface area contributed by atoms with Gasteiger partial charge in [-0.05, 0) is 13.8 Å². The van der Waals surface area contributed by atoms with Gasteiger partial charge in [-0.1, -0.05) is 6.92 Å². The Morgan fingerprint density at radius 2 is 1.94 bits per heavy atom. The molecule has 0 aliphatic carbocycles. The molecular weight excluding hydrogens is 212 g/mol. The van der Waals surface area contributed by atoms with E-state index in [9.17, 15) is 0 Å². The van der Waals surface area contributed by atoms with Crippen LogP contribution in [0.3, 0.4) is 0 Å². The third-order valence-electron chi connectivity index (χ3n) is 3.43. The molecule has 3 saturated heterocycles. The maximum Gasteiger partial charge on any atom is 0.187 e. The van der Waals surface area contributed by atoms with Crippen LogP contribution in [0.2, 0.25) is 0 Å². The number of hydrogen-bond acceptors (Lipinski definition) is 5. The van der Waals surface area contributed by atoms with Crippen molar-refractivity contribution in [1.82, 2.24) is 0 Å². The normalized spacial score (nSPS) is 50.8. The molecule has 0 amide bonds. The van der Waals surface area contributed by atoms with Gasteiger partial charge in [-0.3, -0.25) is 0 Å². The van der Waals surface area contributed by atoms with Crippen LogP contribution in [0, 0.1) is 5.92 Å². The van der Waals surface area contributed by atoms with E-state index >= 15 is 0 Å². The first-order valence-electron chi connectivity index (χ1n) is 5.77. The standard InChI is InChI=1S/C11H18O5/c1-6-8(7-4-12-5-13-7)14-10-9(6)15-11(2,3)16-10/h6-10H,4-5H2,1-3H3/t6?,7?,8-,9+,10+/m0/s1. The lowest BCUT2D eigenvalue weighted by Gasteiger charge is -2.25. The zero-order chi connectivity index (χ0) is 11.3. The monoisotopic (exact) mass is 230 g/mol. The van der Waals surface area contributed by atoms with E-state index in [4.69, 9.17) is 23.7 Å². The average Bonchev–Trinajstić information content (AvgIpc) is 2.84. The van der Waals surface area contributed by atoms with Gasteiger partial charge in [0.2, 0.25) is 0 Å². The summed E-state index contributed by atoms with van der Waals surface area (Å²) in [5, 5.41) is 0. The lowest BCUT2D eigenvalue weighted by atomic mass is 9.97. The maximum atomic E-state index is 5.86. The summed E-state index contributed by atoms with van der Waals surface area (Å²) in [6.45, 7) is 6.89. The van der Waals surface area contributed by atoms with Gasteiger partial charge in [0, 0.05) is 5.92 Å². The number of rotatable bonds is 1. The van der Waals surface area contributed by atoms with Crippen molar-refractivity contribution in [3.05, 3.63) is 0 Å². The summed E-state index contributed by atoms with van der Waals surface area (Å²) in [4.78, 5) is 0. The zero-order valence-electron chi connectivity index (χ0n) is 9.84. The van der Waals surface area contributed by atoms with E-state index in [1.165, 1.54) is 0 Å². The molecule has 16 heavy (non-hydrogen) atoms. The van der Waals surface area contributed by atoms with E-state index in [1.807, 2.05) is 13.8 Å². The van der Waals surface area contributed by atoms with Crippen molar-refractivity contribution < 1.29 is 23.7 Å². The van der Waals surface area contributed by atoms with E-state index in [2.05, 4.69) is 6.92 Å². The number of hydrogen-bond donors (Lipinski definition) is 0. The lowest BCUT2D eigenvalue weighted by Crippen LogP contribution is -2.36. The molecule has 5 heteroatoms. The molecular formula is C11H18O5. The van der Waals surface area contributed by atoms with E-state index in [1.54, 1.807) is 0 Å². The average molecular weight is 230 g/mol. The van der Waals surface area contributed by atoms with Crippen molar-refractivity contribution in [3.63, 3.8) is 0 Å². The highest BCUT2D eigenvalue weighted by molar-refractivity contribution is 4.94. The highest BCUT2D eigenvalue weighted by atomic mass is 16.8. The minimum Gasteiger partial charge on any atom is -0.353 e. The van der Waals surface area contributed by atoms with Crippen LogP contribution in [-0.2, 0) is 23.7 Å². The van der Waals surface area contributed by atoms with Crippen LogP contribution >= 0.6 is 0 Å². The minimum absolute atomic E-state index is 0.00389. The molecule has 3 aliphatic heterocycles. The van der Waals surface area contributed by atoms with Gasteiger partial charge in [0.15, 0.2) is 12.1 Å². The van der Waals surface area contributed by atoms with Crippen LogP contribution < -0.4 is 0 Å². The molecule has 3 aliphatic rings. The van der Waals surface area contributed by atoms with Gasteiger partial charge in [-0.25, -0.2) is 0 Å². The fraction of sp³-hybridized carbons (Fsp3) is 1.00. The van der Waals surface area contributed by atoms with Gasteiger partial charge >= 0.3 is 0 Å². The topological polar surface area (TPSA) is 46.2 Å². The summed E-state index contributed by atoms with van der Waals surface area (Å²) in [6, 6.07) is 0. The molecule has 0 N–H and O–H groups in total. The lowest BCUT2D eigenvalue weighted by molar-refractivity contribution is -0.219. The van der Waals surface area contributed by atoms with Crippen LogP contribution in [-0.4, -0.2) is 43.8 Å². The van der Waals surface area contributed by atoms with Crippen molar-refractivity contribution >= 4 is 0 Å². The molecule has 92 valence electrons. The fourth-order valence-electron chi connectivity index (χ4n) is 2.65. The van der Waals surface area contributed by atoms with Crippen LogP contribution in [0.5, 0.6) is 0 Å². The summed E-state index contributed by atoms with van der Waals surface area (Å²) < 4.78 is 28.1. The Hall–Kier alpha value is -0.200. The van der Waals surface area contributed by atoms with Gasteiger partial charge in [0.05, 0.1) is 12.7 Å². The van der Waals surface area contributed by atoms with E-state index in [0.717, 1.165) is 0 Å². The molecule has 0 aromatic heterocycles. The van der Waals surface area contributed by atoms with Gasteiger partial charge < -0.3 is 23.7 Å². The number of fused-ring (bicyclic) bond motifs is 1. The molecule has 0 spiro atoms. The molecule has 5 nitrogen and oxygen atoms in total. The Kier molecular flexibility index (Phi) is 2.49. The van der Waals surface area contributed by atoms with Gasteiger partial charge in [-0.2, -0.15) is 0 Å². The molecule has 3 rings (SSSR count). The molecule has 0 saturated carbocycles. The van der Waals surface area contributed by atoms with Crippen LogP contribution in [0.1, 0.15) is 20.8 Å². The first-order valence-corrected chi connectivity index (χ1v) is 5.77. The molecule has 2 unspecified atom stereocenters. The third-order valence-corrected chi connectivity index (χ3v) is 3.43. The molecule has 5 atom stereocenters. The molecule has 3 heterocycles. The summed E-state index contributed by atoms with van der Waals surface area (Å²) in [7, 11) is 0. The van der Waals surface area contributed by atoms with Crippen LogP contribution in [0.25, 0.3) is 0 Å². The van der Waals surface area contributed by atoms with Gasteiger partial charge in [-0.15, -0.1) is 0 Å². The summed E-state index contributed by atoms with van der Waals surface area (Å²) in [5.41, 5.74) is 0. The smallest absolute Gasteiger partial charge is 0.187 e. The second-order valence-corrected chi connectivity index (χ2v) is 5.12. The van der Waals surface area contributed by atoms with Gasteiger partial charge in [0.1, 0.15) is 19.0 Å². The predicted molar refractivity (Wildman–Crippen MR) is 53.6 cm³/mol. The molecule has 0 bridgehead atoms. The van der Waals surface area contributed by atoms with E-state index < -0.39 is 5.79 Å². The summed E-state index contributed by atoms with van der Waals surface area (Å²) in [5.74, 6) is -0.278. The van der Waals surface area contributed by atoms with Crippen molar-refractivity contribution in [1.29, 1.82) is 0 Å². The van der Waals surface area contributed by atoms with Crippen molar-refractivity contribution in [3.8, 4) is 0 Å². The molecule has 3 fully saturated rings. The largest absolute Gasteiger partial charge is 0.353 e. The molecule has 0 radical (unpaired) electrons. The predicted octanol–water partition coefficient (Wildman–Crippen LogP) is 0.872. The maximum absolute atomic E-state index is 5.86. The Bertz CT molecular complexity index is 274. The highest BCUT2D eigenvalue weighted by Crippen LogP contribution is 2.42. The zero-order valence-corrected chi connectivity index (χ0v) is 9.84. The van der Waals surface area contributed by atoms with Gasteiger partial charge in [0.25, 0.3) is 0 Å². The quantitative estimate of drug-likeness (QED) is 0.669. The highest BCUT2D eigenvalue weighted by Gasteiger charge is 2.55. The fourth-order valence-corrected chi connectivity index (χ4v) is 2.65. The number of ether oxygens (including phenoxy) is 5. The van der Waals surface area contributed by atoms with Crippen LogP contribution in [0.15, 0.2) is 0 Å². The Morgan fingerprint density at radius 3 is 2.56 bits per heavy atom. The first-order chi connectivity index (χ1) is 7.57. The first kappa shape index (κ1) is 10.9. The van der Waals surface area contributed by atoms with E-state index in [-0.39, 0.29) is 30.5 Å². The Balaban J connectivity index is 1.70. The summed E-state index contributed by atoms with van der Waals surface area (Å²) in [6.07, 6.45) is -0.243. The molecule has 0 aromatic rings. The Labute approximate surface area is 94.9 Å². The van der Waals surface area contributed by atoms with E-state index in [0.29, 0.717) is 13.4 Å².